The average molecular weight is 264 g/mol. The van der Waals surface area contributed by atoms with Crippen molar-refractivity contribution in [2.45, 2.75) is 58.7 Å². The second-order valence-electron chi connectivity index (χ2n) is 6.34. The maximum Gasteiger partial charge on any atom is 0.532 e. The minimum absolute atomic E-state index is 0.0836. The van der Waals surface area contributed by atoms with E-state index in [1.54, 1.807) is 0 Å². The summed E-state index contributed by atoms with van der Waals surface area (Å²) in [7, 11) is -0.628. The summed E-state index contributed by atoms with van der Waals surface area (Å²) in [5, 5.41) is 0. The summed E-state index contributed by atoms with van der Waals surface area (Å²) >= 11 is 0. The molecule has 0 bridgehead atoms. The van der Waals surface area contributed by atoms with Crippen LogP contribution in [0.2, 0.25) is 0 Å². The molecule has 0 N–H and O–H groups in total. The molecule has 0 saturated carbocycles. The van der Waals surface area contributed by atoms with Crippen LogP contribution in [-0.2, 0) is 9.31 Å². The van der Waals surface area contributed by atoms with Crippen molar-refractivity contribution in [1.29, 1.82) is 0 Å². The van der Waals surface area contributed by atoms with E-state index in [1.807, 2.05) is 41.5 Å². The molecule has 1 fully saturated rings. The van der Waals surface area contributed by atoms with Crippen molar-refractivity contribution in [2.75, 3.05) is 0 Å². The average Bonchev–Trinajstić information content (AvgIpc) is 2.47. The molecule has 5 heteroatoms. The van der Waals surface area contributed by atoms with E-state index < -0.39 is 18.3 Å². The summed E-state index contributed by atoms with van der Waals surface area (Å²) in [6.45, 7) is 11.8. The lowest BCUT2D eigenvalue weighted by molar-refractivity contribution is 0.00578. The van der Waals surface area contributed by atoms with Gasteiger partial charge in [-0.1, -0.05) is 13.8 Å². The lowest BCUT2D eigenvalue weighted by Crippen LogP contribution is -2.41. The molecule has 0 spiro atoms. The van der Waals surface area contributed by atoms with Gasteiger partial charge in [0.25, 0.3) is 0 Å². The van der Waals surface area contributed by atoms with Crippen LogP contribution in [0.15, 0.2) is 21.3 Å². The zero-order chi connectivity index (χ0) is 14.4. The first-order chi connectivity index (χ1) is 8.62. The van der Waals surface area contributed by atoms with E-state index in [1.165, 1.54) is 12.1 Å². The van der Waals surface area contributed by atoms with Gasteiger partial charge in [-0.05, 0) is 27.7 Å². The van der Waals surface area contributed by atoms with Gasteiger partial charge in [-0.2, -0.15) is 0 Å². The Morgan fingerprint density at radius 3 is 2.05 bits per heavy atom. The minimum atomic E-state index is -0.628. The Morgan fingerprint density at radius 1 is 1.05 bits per heavy atom. The summed E-state index contributed by atoms with van der Waals surface area (Å²) < 4.78 is 17.5. The Labute approximate surface area is 114 Å². The largest absolute Gasteiger partial charge is 0.532 e. The van der Waals surface area contributed by atoms with E-state index >= 15 is 0 Å². The predicted octanol–water partition coefficient (Wildman–Crippen LogP) is 2.06. The summed E-state index contributed by atoms with van der Waals surface area (Å²) in [6, 6.07) is 2.95. The Hall–Kier alpha value is -1.07. The van der Waals surface area contributed by atoms with Gasteiger partial charge in [0, 0.05) is 18.1 Å². The molecule has 2 rings (SSSR count). The summed E-state index contributed by atoms with van der Waals surface area (Å²) in [6.07, 6.45) is 0. The highest BCUT2D eigenvalue weighted by Crippen LogP contribution is 2.36. The van der Waals surface area contributed by atoms with Gasteiger partial charge in [-0.25, -0.2) is 0 Å². The topological polar surface area (TPSA) is 48.7 Å². The molecule has 0 aromatic carbocycles. The van der Waals surface area contributed by atoms with Crippen LogP contribution in [0.4, 0.5) is 0 Å². The van der Waals surface area contributed by atoms with Crippen LogP contribution in [-0.4, -0.2) is 18.3 Å². The van der Waals surface area contributed by atoms with Gasteiger partial charge < -0.3 is 13.7 Å². The van der Waals surface area contributed by atoms with Crippen molar-refractivity contribution in [2.24, 2.45) is 0 Å². The minimum Gasteiger partial charge on any atom is -0.469 e. The molecule has 1 aromatic rings. The van der Waals surface area contributed by atoms with Crippen molar-refractivity contribution >= 4 is 12.8 Å². The molecule has 4 nitrogen and oxygen atoms in total. The molecule has 1 saturated heterocycles. The van der Waals surface area contributed by atoms with Gasteiger partial charge in [0.15, 0.2) is 5.43 Å². The lowest BCUT2D eigenvalue weighted by Gasteiger charge is -2.32. The van der Waals surface area contributed by atoms with Crippen molar-refractivity contribution in [3.05, 3.63) is 28.1 Å². The van der Waals surface area contributed by atoms with E-state index in [9.17, 15) is 4.79 Å². The molecule has 1 aromatic heterocycles. The zero-order valence-electron chi connectivity index (χ0n) is 12.4. The highest BCUT2D eigenvalue weighted by molar-refractivity contribution is 6.60. The Morgan fingerprint density at radius 2 is 1.58 bits per heavy atom. The molecule has 1 aliphatic heterocycles. The van der Waals surface area contributed by atoms with Crippen LogP contribution in [0, 0.1) is 0 Å². The second kappa shape index (κ2) is 4.49. The van der Waals surface area contributed by atoms with E-state index in [0.29, 0.717) is 11.4 Å². The standard InChI is InChI=1S/C14H21BO4/c1-9(2)11-7-10(16)8-12(17-11)15-18-13(3,4)14(5,6)19-15/h7-9H,1-6H3. The molecule has 0 atom stereocenters. The highest BCUT2D eigenvalue weighted by atomic mass is 16.7. The normalized spacial score (nSPS) is 21.1. The van der Waals surface area contributed by atoms with E-state index in [-0.39, 0.29) is 11.3 Å². The van der Waals surface area contributed by atoms with E-state index in [4.69, 9.17) is 13.7 Å². The molecular weight excluding hydrogens is 243 g/mol. The molecule has 0 radical (unpaired) electrons. The van der Waals surface area contributed by atoms with E-state index in [0.717, 1.165) is 0 Å². The molecule has 2 heterocycles. The quantitative estimate of drug-likeness (QED) is 0.767. The van der Waals surface area contributed by atoms with Crippen molar-refractivity contribution < 1.29 is 13.7 Å². The monoisotopic (exact) mass is 264 g/mol. The fraction of sp³-hybridized carbons (Fsp3) is 0.643. The van der Waals surface area contributed by atoms with Crippen LogP contribution in [0.1, 0.15) is 53.2 Å². The van der Waals surface area contributed by atoms with Gasteiger partial charge in [0.1, 0.15) is 11.4 Å². The van der Waals surface area contributed by atoms with Crippen LogP contribution in [0.3, 0.4) is 0 Å². The number of hydrogen-bond donors (Lipinski definition) is 0. The smallest absolute Gasteiger partial charge is 0.469 e. The van der Waals surface area contributed by atoms with Gasteiger partial charge in [0.05, 0.1) is 11.2 Å². The van der Waals surface area contributed by atoms with Gasteiger partial charge in [-0.15, -0.1) is 0 Å². The Bertz CT molecular complexity index is 514. The van der Waals surface area contributed by atoms with Gasteiger partial charge in [-0.3, -0.25) is 4.79 Å². The first-order valence-corrected chi connectivity index (χ1v) is 6.63. The molecule has 0 unspecified atom stereocenters. The summed E-state index contributed by atoms with van der Waals surface area (Å²) in [5.41, 5.74) is -0.525. The van der Waals surface area contributed by atoms with E-state index in [2.05, 4.69) is 0 Å². The molecule has 0 amide bonds. The summed E-state index contributed by atoms with van der Waals surface area (Å²) in [4.78, 5) is 11.7. The maximum absolute atomic E-state index is 11.7. The fourth-order valence-corrected chi connectivity index (χ4v) is 1.88. The van der Waals surface area contributed by atoms with Crippen LogP contribution < -0.4 is 11.1 Å². The van der Waals surface area contributed by atoms with Crippen molar-refractivity contribution in [1.82, 2.24) is 0 Å². The second-order valence-corrected chi connectivity index (χ2v) is 6.34. The molecular formula is C14H21BO4. The van der Waals surface area contributed by atoms with Gasteiger partial charge >= 0.3 is 7.12 Å². The Balaban J connectivity index is 2.37. The SMILES string of the molecule is CC(C)c1cc(=O)cc(B2OC(C)(C)C(C)(C)O2)o1. The van der Waals surface area contributed by atoms with Crippen molar-refractivity contribution in [3.8, 4) is 0 Å². The molecule has 0 aliphatic carbocycles. The number of rotatable bonds is 2. The third kappa shape index (κ3) is 2.62. The molecule has 104 valence electrons. The molecule has 19 heavy (non-hydrogen) atoms. The van der Waals surface area contributed by atoms with Crippen LogP contribution >= 0.6 is 0 Å². The van der Waals surface area contributed by atoms with Crippen LogP contribution in [0.25, 0.3) is 0 Å². The highest BCUT2D eigenvalue weighted by Gasteiger charge is 2.53. The molecule has 1 aliphatic rings. The first-order valence-electron chi connectivity index (χ1n) is 6.63. The number of hydrogen-bond acceptors (Lipinski definition) is 4. The maximum atomic E-state index is 11.7. The first kappa shape index (κ1) is 14.3. The fourth-order valence-electron chi connectivity index (χ4n) is 1.88. The zero-order valence-corrected chi connectivity index (χ0v) is 12.4. The third-order valence-corrected chi connectivity index (χ3v) is 3.86. The van der Waals surface area contributed by atoms with Crippen LogP contribution in [0.5, 0.6) is 0 Å². The lowest BCUT2D eigenvalue weighted by atomic mass is 9.85. The summed E-state index contributed by atoms with van der Waals surface area (Å²) in [5.74, 6) is 0.798. The van der Waals surface area contributed by atoms with Crippen molar-refractivity contribution in [3.63, 3.8) is 0 Å². The van der Waals surface area contributed by atoms with Gasteiger partial charge in [0.2, 0.25) is 0 Å². The third-order valence-electron chi connectivity index (χ3n) is 3.86. The Kier molecular flexibility index (Phi) is 3.39. The predicted molar refractivity (Wildman–Crippen MR) is 74.8 cm³/mol.